The van der Waals surface area contributed by atoms with Crippen molar-refractivity contribution in [3.63, 3.8) is 0 Å². The molecular formula is C22H27NO4. The lowest BCUT2D eigenvalue weighted by Crippen LogP contribution is -2.30. The minimum atomic E-state index is -0.596. The largest absolute Gasteiger partial charge is 0.491 e. The van der Waals surface area contributed by atoms with Crippen molar-refractivity contribution in [3.8, 4) is 11.5 Å². The summed E-state index contributed by atoms with van der Waals surface area (Å²) in [5.41, 5.74) is 2.82. The van der Waals surface area contributed by atoms with Gasteiger partial charge in [0.1, 0.15) is 18.1 Å². The zero-order valence-corrected chi connectivity index (χ0v) is 16.2. The Labute approximate surface area is 160 Å². The molecule has 5 nitrogen and oxygen atoms in total. The number of hydrogen-bond donors (Lipinski definition) is 1. The van der Waals surface area contributed by atoms with Crippen LogP contribution in [-0.2, 0) is 9.53 Å². The van der Waals surface area contributed by atoms with Crippen LogP contribution in [0.5, 0.6) is 11.5 Å². The molecule has 0 aromatic heterocycles. The molecule has 1 heterocycles. The van der Waals surface area contributed by atoms with Gasteiger partial charge in [0.25, 0.3) is 5.91 Å². The molecule has 2 unspecified atom stereocenters. The van der Waals surface area contributed by atoms with E-state index >= 15 is 0 Å². The number of hydrogen-bond acceptors (Lipinski definition) is 4. The molecule has 0 bridgehead atoms. The molecule has 1 N–H and O–H groups in total. The van der Waals surface area contributed by atoms with E-state index in [9.17, 15) is 4.79 Å². The first-order valence-corrected chi connectivity index (χ1v) is 9.40. The molecule has 27 heavy (non-hydrogen) atoms. The fourth-order valence-corrected chi connectivity index (χ4v) is 2.92. The van der Waals surface area contributed by atoms with Crippen LogP contribution < -0.4 is 14.8 Å². The Morgan fingerprint density at radius 2 is 2.00 bits per heavy atom. The predicted molar refractivity (Wildman–Crippen MR) is 106 cm³/mol. The van der Waals surface area contributed by atoms with Crippen LogP contribution in [0.15, 0.2) is 42.5 Å². The van der Waals surface area contributed by atoms with Crippen LogP contribution in [0, 0.1) is 13.8 Å². The van der Waals surface area contributed by atoms with E-state index in [1.165, 1.54) is 0 Å². The van der Waals surface area contributed by atoms with Crippen molar-refractivity contribution in [3.05, 3.63) is 53.6 Å². The van der Waals surface area contributed by atoms with Gasteiger partial charge in [0.05, 0.1) is 6.10 Å². The lowest BCUT2D eigenvalue weighted by molar-refractivity contribution is -0.122. The molecular weight excluding hydrogens is 342 g/mol. The maximum Gasteiger partial charge on any atom is 0.265 e. The van der Waals surface area contributed by atoms with Gasteiger partial charge in [0.15, 0.2) is 6.10 Å². The van der Waals surface area contributed by atoms with Crippen LogP contribution in [0.4, 0.5) is 5.69 Å². The predicted octanol–water partition coefficient (Wildman–Crippen LogP) is 4.27. The monoisotopic (exact) mass is 369 g/mol. The average molecular weight is 369 g/mol. The van der Waals surface area contributed by atoms with Crippen LogP contribution >= 0.6 is 0 Å². The van der Waals surface area contributed by atoms with E-state index in [4.69, 9.17) is 14.2 Å². The summed E-state index contributed by atoms with van der Waals surface area (Å²) in [6.45, 7) is 7.10. The molecule has 0 spiro atoms. The van der Waals surface area contributed by atoms with Crippen LogP contribution in [0.3, 0.4) is 0 Å². The number of carbonyl (C=O) groups excluding carboxylic acids is 1. The van der Waals surface area contributed by atoms with E-state index in [1.54, 1.807) is 6.92 Å². The van der Waals surface area contributed by atoms with E-state index in [-0.39, 0.29) is 12.0 Å². The Morgan fingerprint density at radius 3 is 2.70 bits per heavy atom. The Hall–Kier alpha value is -2.53. The Bertz CT molecular complexity index is 766. The molecule has 144 valence electrons. The van der Waals surface area contributed by atoms with Gasteiger partial charge in [-0.3, -0.25) is 4.79 Å². The average Bonchev–Trinajstić information content (AvgIpc) is 3.17. The molecule has 3 rings (SSSR count). The molecule has 1 fully saturated rings. The third-order valence-electron chi connectivity index (χ3n) is 4.60. The number of anilines is 1. The number of carbonyl (C=O) groups is 1. The molecule has 5 heteroatoms. The molecule has 0 radical (unpaired) electrons. The number of amides is 1. The third-order valence-corrected chi connectivity index (χ3v) is 4.60. The number of aryl methyl sites for hydroxylation is 2. The lowest BCUT2D eigenvalue weighted by atomic mass is 10.1. The van der Waals surface area contributed by atoms with Gasteiger partial charge in [-0.1, -0.05) is 12.1 Å². The van der Waals surface area contributed by atoms with Crippen molar-refractivity contribution in [1.82, 2.24) is 0 Å². The molecule has 2 aromatic carbocycles. The smallest absolute Gasteiger partial charge is 0.265 e. The van der Waals surface area contributed by atoms with Crippen molar-refractivity contribution in [2.24, 2.45) is 0 Å². The van der Waals surface area contributed by atoms with Gasteiger partial charge in [-0.2, -0.15) is 0 Å². The van der Waals surface area contributed by atoms with Crippen molar-refractivity contribution in [2.45, 2.75) is 45.8 Å². The minimum Gasteiger partial charge on any atom is -0.491 e. The topological polar surface area (TPSA) is 56.8 Å². The van der Waals surface area contributed by atoms with Gasteiger partial charge in [0.2, 0.25) is 0 Å². The van der Waals surface area contributed by atoms with Crippen LogP contribution in [0.25, 0.3) is 0 Å². The Kier molecular flexibility index (Phi) is 6.35. The zero-order chi connectivity index (χ0) is 19.2. The zero-order valence-electron chi connectivity index (χ0n) is 16.2. The van der Waals surface area contributed by atoms with Crippen LogP contribution in [0.1, 0.15) is 30.9 Å². The SMILES string of the molecule is Cc1ccc(C)c(OC(C)C(=O)Nc2ccc(OCC3CCCO3)cc2)c1. The first-order chi connectivity index (χ1) is 13.0. The van der Waals surface area contributed by atoms with Crippen molar-refractivity contribution in [2.75, 3.05) is 18.5 Å². The van der Waals surface area contributed by atoms with Gasteiger partial charge in [-0.15, -0.1) is 0 Å². The number of ether oxygens (including phenoxy) is 3. The number of rotatable bonds is 7. The molecule has 0 saturated carbocycles. The van der Waals surface area contributed by atoms with Crippen molar-refractivity contribution in [1.29, 1.82) is 0 Å². The number of benzene rings is 2. The van der Waals surface area contributed by atoms with Gasteiger partial charge in [-0.05, 0) is 75.1 Å². The molecule has 2 atom stereocenters. The van der Waals surface area contributed by atoms with Crippen molar-refractivity contribution < 1.29 is 19.0 Å². The van der Waals surface area contributed by atoms with Gasteiger partial charge < -0.3 is 19.5 Å². The summed E-state index contributed by atoms with van der Waals surface area (Å²) in [5, 5.41) is 2.88. The fraction of sp³-hybridized carbons (Fsp3) is 0.409. The van der Waals surface area contributed by atoms with Gasteiger partial charge in [0, 0.05) is 12.3 Å². The quantitative estimate of drug-likeness (QED) is 0.792. The maximum atomic E-state index is 12.4. The lowest BCUT2D eigenvalue weighted by Gasteiger charge is -2.17. The second kappa shape index (κ2) is 8.91. The first kappa shape index (κ1) is 19.2. The molecule has 1 saturated heterocycles. The minimum absolute atomic E-state index is 0.187. The van der Waals surface area contributed by atoms with Gasteiger partial charge >= 0.3 is 0 Å². The van der Waals surface area contributed by atoms with E-state index in [2.05, 4.69) is 5.32 Å². The second-order valence-corrected chi connectivity index (χ2v) is 6.99. The molecule has 1 aliphatic heterocycles. The maximum absolute atomic E-state index is 12.4. The fourth-order valence-electron chi connectivity index (χ4n) is 2.92. The molecule has 0 aliphatic carbocycles. The van der Waals surface area contributed by atoms with E-state index in [0.717, 1.165) is 42.1 Å². The highest BCUT2D eigenvalue weighted by atomic mass is 16.5. The summed E-state index contributed by atoms with van der Waals surface area (Å²) in [7, 11) is 0. The number of nitrogens with one attached hydrogen (secondary N) is 1. The van der Waals surface area contributed by atoms with E-state index in [0.29, 0.717) is 12.3 Å². The highest BCUT2D eigenvalue weighted by Gasteiger charge is 2.17. The third kappa shape index (κ3) is 5.47. The first-order valence-electron chi connectivity index (χ1n) is 9.40. The molecule has 2 aromatic rings. The van der Waals surface area contributed by atoms with Crippen LogP contribution in [-0.4, -0.2) is 31.3 Å². The normalized spacial score (nSPS) is 17.4. The summed E-state index contributed by atoms with van der Waals surface area (Å²) in [5.74, 6) is 1.31. The Balaban J connectivity index is 1.51. The van der Waals surface area contributed by atoms with E-state index < -0.39 is 6.10 Å². The standard InChI is InChI=1S/C22H27NO4/c1-15-6-7-16(2)21(13-15)27-17(3)22(24)23-18-8-10-19(11-9-18)26-14-20-5-4-12-25-20/h6-11,13,17,20H,4-5,12,14H2,1-3H3,(H,23,24). The van der Waals surface area contributed by atoms with Gasteiger partial charge in [-0.25, -0.2) is 0 Å². The molecule has 1 aliphatic rings. The second-order valence-electron chi connectivity index (χ2n) is 6.99. The molecule has 1 amide bonds. The highest BCUT2D eigenvalue weighted by molar-refractivity contribution is 5.94. The summed E-state index contributed by atoms with van der Waals surface area (Å²) in [4.78, 5) is 12.4. The highest BCUT2D eigenvalue weighted by Crippen LogP contribution is 2.22. The van der Waals surface area contributed by atoms with E-state index in [1.807, 2.05) is 56.3 Å². The summed E-state index contributed by atoms with van der Waals surface area (Å²) >= 11 is 0. The summed E-state index contributed by atoms with van der Waals surface area (Å²) in [6, 6.07) is 13.3. The summed E-state index contributed by atoms with van der Waals surface area (Å²) in [6.07, 6.45) is 1.74. The summed E-state index contributed by atoms with van der Waals surface area (Å²) < 4.78 is 17.1. The van der Waals surface area contributed by atoms with Crippen molar-refractivity contribution >= 4 is 11.6 Å². The Morgan fingerprint density at radius 1 is 1.22 bits per heavy atom. The van der Waals surface area contributed by atoms with Crippen LogP contribution in [0.2, 0.25) is 0 Å².